The lowest BCUT2D eigenvalue weighted by Crippen LogP contribution is -2.30. The van der Waals surface area contributed by atoms with Crippen LogP contribution in [0.25, 0.3) is 10.1 Å². The van der Waals surface area contributed by atoms with E-state index >= 15 is 0 Å². The highest BCUT2D eigenvalue weighted by Crippen LogP contribution is 2.24. The molecule has 1 amide bonds. The number of hydrogen-bond acceptors (Lipinski definition) is 3. The van der Waals surface area contributed by atoms with Crippen molar-refractivity contribution in [1.82, 2.24) is 3.96 Å². The lowest BCUT2D eigenvalue weighted by Gasteiger charge is -2.17. The number of carbonyl (C=O) groups is 1. The van der Waals surface area contributed by atoms with Gasteiger partial charge in [-0.15, -0.1) is 0 Å². The summed E-state index contributed by atoms with van der Waals surface area (Å²) in [5, 5.41) is 3.65. The highest BCUT2D eigenvalue weighted by atomic mass is 32.1. The van der Waals surface area contributed by atoms with Gasteiger partial charge in [0.25, 0.3) is 5.56 Å². The van der Waals surface area contributed by atoms with E-state index in [-0.39, 0.29) is 11.5 Å². The first-order valence-electron chi connectivity index (χ1n) is 8.00. The highest BCUT2D eigenvalue weighted by Gasteiger charge is 2.23. The van der Waals surface area contributed by atoms with Gasteiger partial charge in [-0.1, -0.05) is 42.7 Å². The maximum Gasteiger partial charge on any atom is 0.269 e. The van der Waals surface area contributed by atoms with Gasteiger partial charge in [-0.2, -0.15) is 0 Å². The van der Waals surface area contributed by atoms with E-state index in [1.165, 1.54) is 11.5 Å². The minimum atomic E-state index is -0.505. The third-order valence-corrected chi connectivity index (χ3v) is 5.52. The molecule has 0 aliphatic rings. The van der Waals surface area contributed by atoms with Crippen LogP contribution in [0, 0.1) is 13.8 Å². The van der Waals surface area contributed by atoms with Gasteiger partial charge in [0.2, 0.25) is 5.91 Å². The molecule has 0 aliphatic heterocycles. The van der Waals surface area contributed by atoms with Crippen molar-refractivity contribution in [2.75, 3.05) is 5.32 Å². The third kappa shape index (κ3) is 2.87. The fourth-order valence-electron chi connectivity index (χ4n) is 2.75. The molecular formula is C19H20N2O2S. The molecule has 5 heteroatoms. The second kappa shape index (κ2) is 6.61. The van der Waals surface area contributed by atoms with Crippen LogP contribution in [-0.4, -0.2) is 9.86 Å². The largest absolute Gasteiger partial charge is 0.324 e. The normalized spacial score (nSPS) is 12.3. The zero-order valence-electron chi connectivity index (χ0n) is 14.0. The summed E-state index contributed by atoms with van der Waals surface area (Å²) >= 11 is 1.35. The average Bonchev–Trinajstić information content (AvgIpc) is 2.90. The summed E-state index contributed by atoms with van der Waals surface area (Å²) in [5.41, 5.74) is 2.87. The molecule has 1 N–H and O–H groups in total. The van der Waals surface area contributed by atoms with Gasteiger partial charge in [0, 0.05) is 5.69 Å². The Hall–Kier alpha value is -2.40. The van der Waals surface area contributed by atoms with E-state index in [1.807, 2.05) is 57.2 Å². The van der Waals surface area contributed by atoms with Crippen LogP contribution < -0.4 is 10.9 Å². The first-order valence-corrected chi connectivity index (χ1v) is 8.78. The second-order valence-corrected chi connectivity index (χ2v) is 6.89. The molecule has 2 aromatic carbocycles. The Morgan fingerprint density at radius 3 is 2.62 bits per heavy atom. The quantitative estimate of drug-likeness (QED) is 0.771. The predicted molar refractivity (Wildman–Crippen MR) is 100.0 cm³/mol. The maximum atomic E-state index is 12.8. The van der Waals surface area contributed by atoms with E-state index in [1.54, 1.807) is 10.0 Å². The molecule has 1 heterocycles. The van der Waals surface area contributed by atoms with E-state index in [0.29, 0.717) is 11.8 Å². The van der Waals surface area contributed by atoms with Crippen molar-refractivity contribution in [2.45, 2.75) is 33.2 Å². The molecule has 0 saturated heterocycles. The first-order chi connectivity index (χ1) is 11.5. The summed E-state index contributed by atoms with van der Waals surface area (Å²) in [5.74, 6) is -0.153. The molecule has 0 fully saturated rings. The van der Waals surface area contributed by atoms with Crippen LogP contribution in [0.3, 0.4) is 0 Å². The van der Waals surface area contributed by atoms with E-state index in [0.717, 1.165) is 21.5 Å². The summed E-state index contributed by atoms with van der Waals surface area (Å²) in [6.45, 7) is 5.92. The van der Waals surface area contributed by atoms with E-state index < -0.39 is 6.04 Å². The topological polar surface area (TPSA) is 51.1 Å². The Labute approximate surface area is 144 Å². The summed E-state index contributed by atoms with van der Waals surface area (Å²) in [6.07, 6.45) is 0.559. The van der Waals surface area contributed by atoms with E-state index in [2.05, 4.69) is 5.32 Å². The minimum Gasteiger partial charge on any atom is -0.324 e. The van der Waals surface area contributed by atoms with Crippen LogP contribution in [0.15, 0.2) is 47.3 Å². The molecule has 24 heavy (non-hydrogen) atoms. The molecule has 0 saturated carbocycles. The summed E-state index contributed by atoms with van der Waals surface area (Å²) in [6, 6.07) is 12.8. The molecule has 0 bridgehead atoms. The lowest BCUT2D eigenvalue weighted by atomic mass is 10.1. The molecule has 0 unspecified atom stereocenters. The van der Waals surface area contributed by atoms with Gasteiger partial charge in [-0.05, 0) is 49.6 Å². The third-order valence-electron chi connectivity index (χ3n) is 4.35. The van der Waals surface area contributed by atoms with Crippen LogP contribution in [0.1, 0.15) is 30.5 Å². The molecule has 0 radical (unpaired) electrons. The van der Waals surface area contributed by atoms with Crippen molar-refractivity contribution in [3.05, 3.63) is 63.9 Å². The number of anilines is 1. The number of nitrogens with zero attached hydrogens (tertiary/aromatic N) is 1. The van der Waals surface area contributed by atoms with Crippen molar-refractivity contribution < 1.29 is 4.79 Å². The molecule has 4 nitrogen and oxygen atoms in total. The number of rotatable bonds is 4. The zero-order valence-corrected chi connectivity index (χ0v) is 14.8. The van der Waals surface area contributed by atoms with Gasteiger partial charge < -0.3 is 5.32 Å². The van der Waals surface area contributed by atoms with Crippen LogP contribution in [-0.2, 0) is 4.79 Å². The monoisotopic (exact) mass is 340 g/mol. The van der Waals surface area contributed by atoms with Gasteiger partial charge in [-0.25, -0.2) is 0 Å². The number of aromatic nitrogens is 1. The molecule has 3 rings (SSSR count). The molecule has 3 aromatic rings. The first kappa shape index (κ1) is 16.5. The van der Waals surface area contributed by atoms with Crippen molar-refractivity contribution in [3.8, 4) is 0 Å². The Morgan fingerprint density at radius 2 is 1.92 bits per heavy atom. The fraction of sp³-hybridized carbons (Fsp3) is 0.263. The standard InChI is InChI=1S/C19H20N2O2S/c1-4-16(18(22)20-15-10-7-8-12(2)13(15)3)21-19(23)14-9-5-6-11-17(14)24-21/h5-11,16H,4H2,1-3H3,(H,20,22)/t16-/m1/s1. The summed E-state index contributed by atoms with van der Waals surface area (Å²) in [4.78, 5) is 25.4. The van der Waals surface area contributed by atoms with Crippen molar-refractivity contribution >= 4 is 33.2 Å². The van der Waals surface area contributed by atoms with Crippen LogP contribution in [0.2, 0.25) is 0 Å². The fourth-order valence-corrected chi connectivity index (χ4v) is 3.91. The molecular weight excluding hydrogens is 320 g/mol. The van der Waals surface area contributed by atoms with Crippen LogP contribution >= 0.6 is 11.5 Å². The zero-order chi connectivity index (χ0) is 17.3. The smallest absolute Gasteiger partial charge is 0.269 e. The van der Waals surface area contributed by atoms with Crippen LogP contribution in [0.5, 0.6) is 0 Å². The molecule has 1 atom stereocenters. The van der Waals surface area contributed by atoms with Crippen molar-refractivity contribution in [2.24, 2.45) is 0 Å². The number of nitrogens with one attached hydrogen (secondary N) is 1. The van der Waals surface area contributed by atoms with Crippen molar-refractivity contribution in [3.63, 3.8) is 0 Å². The van der Waals surface area contributed by atoms with Gasteiger partial charge in [0.1, 0.15) is 6.04 Å². The minimum absolute atomic E-state index is 0.0986. The van der Waals surface area contributed by atoms with Gasteiger partial charge >= 0.3 is 0 Å². The number of fused-ring (bicyclic) bond motifs is 1. The number of aryl methyl sites for hydroxylation is 1. The van der Waals surface area contributed by atoms with Crippen molar-refractivity contribution in [1.29, 1.82) is 0 Å². The second-order valence-electron chi connectivity index (χ2n) is 5.88. The molecule has 0 spiro atoms. The average molecular weight is 340 g/mol. The number of hydrogen-bond donors (Lipinski definition) is 1. The molecule has 124 valence electrons. The Bertz CT molecular complexity index is 955. The number of amides is 1. The molecule has 0 aliphatic carbocycles. The maximum absolute atomic E-state index is 12.8. The highest BCUT2D eigenvalue weighted by molar-refractivity contribution is 7.14. The van der Waals surface area contributed by atoms with Gasteiger partial charge in [0.05, 0.1) is 10.1 Å². The van der Waals surface area contributed by atoms with E-state index in [9.17, 15) is 9.59 Å². The van der Waals surface area contributed by atoms with Gasteiger partial charge in [-0.3, -0.25) is 13.5 Å². The van der Waals surface area contributed by atoms with E-state index in [4.69, 9.17) is 0 Å². The van der Waals surface area contributed by atoms with Crippen LogP contribution in [0.4, 0.5) is 5.69 Å². The summed E-state index contributed by atoms with van der Waals surface area (Å²) in [7, 11) is 0. The Morgan fingerprint density at radius 1 is 1.17 bits per heavy atom. The predicted octanol–water partition coefficient (Wildman–Crippen LogP) is 4.27. The Balaban J connectivity index is 1.95. The SMILES string of the molecule is CC[C@H](C(=O)Nc1cccc(C)c1C)n1sc2ccccc2c1=O. The molecule has 1 aromatic heterocycles. The number of benzene rings is 2. The summed E-state index contributed by atoms with van der Waals surface area (Å²) < 4.78 is 2.49. The lowest BCUT2D eigenvalue weighted by molar-refractivity contribution is -0.119. The Kier molecular flexibility index (Phi) is 4.53. The number of carbonyl (C=O) groups excluding carboxylic acids is 1. The van der Waals surface area contributed by atoms with Gasteiger partial charge in [0.15, 0.2) is 0 Å².